The normalized spacial score (nSPS) is 19.8. The van der Waals surface area contributed by atoms with Gasteiger partial charge in [-0.3, -0.25) is 0 Å². The van der Waals surface area contributed by atoms with Crippen molar-refractivity contribution in [2.24, 2.45) is 0 Å². The second-order valence-corrected chi connectivity index (χ2v) is 3.39. The Kier molecular flexibility index (Phi) is 3.94. The van der Waals surface area contributed by atoms with E-state index < -0.39 is 0 Å². The highest BCUT2D eigenvalue weighted by Crippen LogP contribution is 2.23. The highest BCUT2D eigenvalue weighted by molar-refractivity contribution is 5.85. The van der Waals surface area contributed by atoms with Gasteiger partial charge in [-0.1, -0.05) is 12.1 Å². The van der Waals surface area contributed by atoms with Crippen LogP contribution in [0.1, 0.15) is 30.0 Å². The molecule has 1 saturated heterocycles. The molecule has 0 aliphatic carbocycles. The van der Waals surface area contributed by atoms with E-state index in [4.69, 9.17) is 5.26 Å². The van der Waals surface area contributed by atoms with E-state index in [0.29, 0.717) is 6.04 Å². The molecule has 0 saturated carbocycles. The average molecular weight is 209 g/mol. The van der Waals surface area contributed by atoms with Crippen molar-refractivity contribution < 1.29 is 0 Å². The summed E-state index contributed by atoms with van der Waals surface area (Å²) in [4.78, 5) is 0. The number of hydrogen-bond acceptors (Lipinski definition) is 2. The number of nitrogens with zero attached hydrogens (tertiary/aromatic N) is 1. The van der Waals surface area contributed by atoms with Crippen molar-refractivity contribution in [1.29, 1.82) is 5.26 Å². The van der Waals surface area contributed by atoms with Gasteiger partial charge in [-0.15, -0.1) is 12.4 Å². The first-order valence-electron chi connectivity index (χ1n) is 4.63. The molecule has 1 N–H and O–H groups in total. The summed E-state index contributed by atoms with van der Waals surface area (Å²) >= 11 is 0. The molecule has 0 radical (unpaired) electrons. The van der Waals surface area contributed by atoms with Crippen molar-refractivity contribution in [2.75, 3.05) is 6.54 Å². The van der Waals surface area contributed by atoms with Gasteiger partial charge in [-0.25, -0.2) is 0 Å². The van der Waals surface area contributed by atoms with E-state index in [9.17, 15) is 0 Å². The minimum atomic E-state index is 0. The Hall–Kier alpha value is -1.04. The Labute approximate surface area is 90.3 Å². The van der Waals surface area contributed by atoms with Crippen LogP contribution in [0.15, 0.2) is 24.3 Å². The van der Waals surface area contributed by atoms with Crippen LogP contribution >= 0.6 is 12.4 Å². The number of benzene rings is 1. The zero-order valence-electron chi connectivity index (χ0n) is 7.86. The van der Waals surface area contributed by atoms with Crippen LogP contribution in [0.2, 0.25) is 0 Å². The molecule has 1 aliphatic heterocycles. The minimum absolute atomic E-state index is 0. The molecule has 0 unspecified atom stereocenters. The van der Waals surface area contributed by atoms with Crippen molar-refractivity contribution in [3.05, 3.63) is 35.4 Å². The number of nitrogens with one attached hydrogen (secondary N) is 1. The first kappa shape index (κ1) is 11.0. The molecule has 1 atom stereocenters. The standard InChI is InChI=1S/C11H12N2.ClH/c12-8-9-3-1-4-10(7-9)11-5-2-6-13-11;/h1,3-4,7,11,13H,2,5-6H2;1H/t11-;/m0./s1. The summed E-state index contributed by atoms with van der Waals surface area (Å²) in [5, 5.41) is 12.1. The third kappa shape index (κ3) is 2.25. The molecule has 3 heteroatoms. The number of hydrogen-bond donors (Lipinski definition) is 1. The van der Waals surface area contributed by atoms with E-state index >= 15 is 0 Å². The summed E-state index contributed by atoms with van der Waals surface area (Å²) in [5.74, 6) is 0. The summed E-state index contributed by atoms with van der Waals surface area (Å²) in [6.07, 6.45) is 2.43. The van der Waals surface area contributed by atoms with Crippen LogP contribution in [0.5, 0.6) is 0 Å². The van der Waals surface area contributed by atoms with Crippen LogP contribution in [0.3, 0.4) is 0 Å². The van der Waals surface area contributed by atoms with Gasteiger partial charge in [-0.2, -0.15) is 5.26 Å². The summed E-state index contributed by atoms with van der Waals surface area (Å²) in [6, 6.07) is 10.5. The second-order valence-electron chi connectivity index (χ2n) is 3.39. The maximum atomic E-state index is 8.73. The molecular weight excluding hydrogens is 196 g/mol. The van der Waals surface area contributed by atoms with Crippen molar-refractivity contribution >= 4 is 12.4 Å². The molecule has 74 valence electrons. The van der Waals surface area contributed by atoms with Crippen LogP contribution in [-0.2, 0) is 0 Å². The number of nitriles is 1. The molecule has 2 nitrogen and oxygen atoms in total. The van der Waals surface area contributed by atoms with Gasteiger partial charge in [0.25, 0.3) is 0 Å². The lowest BCUT2D eigenvalue weighted by Crippen LogP contribution is -2.12. The van der Waals surface area contributed by atoms with Gasteiger partial charge in [0.05, 0.1) is 11.6 Å². The van der Waals surface area contributed by atoms with Gasteiger partial charge in [0.15, 0.2) is 0 Å². The molecule has 1 fully saturated rings. The van der Waals surface area contributed by atoms with Gasteiger partial charge in [-0.05, 0) is 37.1 Å². The third-order valence-corrected chi connectivity index (χ3v) is 2.48. The Morgan fingerprint density at radius 2 is 2.29 bits per heavy atom. The molecule has 0 aromatic heterocycles. The summed E-state index contributed by atoms with van der Waals surface area (Å²) < 4.78 is 0. The summed E-state index contributed by atoms with van der Waals surface area (Å²) in [7, 11) is 0. The van der Waals surface area contributed by atoms with Crippen molar-refractivity contribution in [1.82, 2.24) is 5.32 Å². The number of rotatable bonds is 1. The van der Waals surface area contributed by atoms with Crippen LogP contribution in [0.25, 0.3) is 0 Å². The topological polar surface area (TPSA) is 35.8 Å². The van der Waals surface area contributed by atoms with Crippen LogP contribution < -0.4 is 5.32 Å². The molecule has 1 aromatic carbocycles. The van der Waals surface area contributed by atoms with E-state index in [2.05, 4.69) is 17.5 Å². The van der Waals surface area contributed by atoms with Crippen LogP contribution in [-0.4, -0.2) is 6.54 Å². The summed E-state index contributed by atoms with van der Waals surface area (Å²) in [5.41, 5.74) is 2.00. The van der Waals surface area contributed by atoms with Crippen molar-refractivity contribution in [3.63, 3.8) is 0 Å². The summed E-state index contributed by atoms with van der Waals surface area (Å²) in [6.45, 7) is 1.10. The van der Waals surface area contributed by atoms with Gasteiger partial charge in [0.1, 0.15) is 0 Å². The minimum Gasteiger partial charge on any atom is -0.310 e. The molecule has 1 heterocycles. The monoisotopic (exact) mass is 208 g/mol. The van der Waals surface area contributed by atoms with Crippen LogP contribution in [0.4, 0.5) is 0 Å². The zero-order valence-corrected chi connectivity index (χ0v) is 8.68. The average Bonchev–Trinajstić information content (AvgIpc) is 2.71. The SMILES string of the molecule is Cl.N#Cc1cccc([C@@H]2CCCN2)c1. The number of halogens is 1. The Balaban J connectivity index is 0.000000980. The van der Waals surface area contributed by atoms with Crippen LogP contribution in [0, 0.1) is 11.3 Å². The molecular formula is C11H13ClN2. The lowest BCUT2D eigenvalue weighted by atomic mass is 10.0. The quantitative estimate of drug-likeness (QED) is 0.770. The van der Waals surface area contributed by atoms with E-state index in [-0.39, 0.29) is 12.4 Å². The second kappa shape index (κ2) is 4.99. The van der Waals surface area contributed by atoms with Gasteiger partial charge in [0, 0.05) is 6.04 Å². The molecule has 1 aromatic rings. The molecule has 0 amide bonds. The Morgan fingerprint density at radius 3 is 2.93 bits per heavy atom. The van der Waals surface area contributed by atoms with Gasteiger partial charge >= 0.3 is 0 Å². The van der Waals surface area contributed by atoms with Gasteiger partial charge < -0.3 is 5.32 Å². The van der Waals surface area contributed by atoms with E-state index in [1.807, 2.05) is 18.2 Å². The zero-order chi connectivity index (χ0) is 9.10. The maximum absolute atomic E-state index is 8.73. The molecule has 0 bridgehead atoms. The highest BCUT2D eigenvalue weighted by atomic mass is 35.5. The molecule has 2 rings (SSSR count). The Morgan fingerprint density at radius 1 is 1.43 bits per heavy atom. The molecule has 14 heavy (non-hydrogen) atoms. The highest BCUT2D eigenvalue weighted by Gasteiger charge is 2.15. The largest absolute Gasteiger partial charge is 0.310 e. The van der Waals surface area contributed by atoms with E-state index in [1.165, 1.54) is 18.4 Å². The fraction of sp³-hybridized carbons (Fsp3) is 0.364. The van der Waals surface area contributed by atoms with Crippen molar-refractivity contribution in [3.8, 4) is 6.07 Å². The smallest absolute Gasteiger partial charge is 0.0991 e. The lowest BCUT2D eigenvalue weighted by Gasteiger charge is -2.09. The molecule has 1 aliphatic rings. The van der Waals surface area contributed by atoms with E-state index in [1.54, 1.807) is 0 Å². The van der Waals surface area contributed by atoms with Gasteiger partial charge in [0.2, 0.25) is 0 Å². The maximum Gasteiger partial charge on any atom is 0.0991 e. The molecule has 0 spiro atoms. The Bertz CT molecular complexity index is 337. The van der Waals surface area contributed by atoms with Crippen molar-refractivity contribution in [2.45, 2.75) is 18.9 Å². The first-order chi connectivity index (χ1) is 6.40. The predicted molar refractivity (Wildman–Crippen MR) is 58.4 cm³/mol. The lowest BCUT2D eigenvalue weighted by molar-refractivity contribution is 0.647. The fourth-order valence-corrected chi connectivity index (χ4v) is 1.79. The fourth-order valence-electron chi connectivity index (χ4n) is 1.79. The third-order valence-electron chi connectivity index (χ3n) is 2.48. The first-order valence-corrected chi connectivity index (χ1v) is 4.63. The van der Waals surface area contributed by atoms with E-state index in [0.717, 1.165) is 12.1 Å². The predicted octanol–water partition coefficient (Wildman–Crippen LogP) is 2.40.